The molecule has 2 aromatic heterocycles. The van der Waals surface area contributed by atoms with Crippen molar-refractivity contribution >= 4 is 46.7 Å². The summed E-state index contributed by atoms with van der Waals surface area (Å²) in [6, 6.07) is 26.8. The molecule has 41 heavy (non-hydrogen) atoms. The molecule has 0 bridgehead atoms. The molecule has 212 valence electrons. The summed E-state index contributed by atoms with van der Waals surface area (Å²) < 4.78 is 2.13. The third-order valence-corrected chi connectivity index (χ3v) is 8.16. The van der Waals surface area contributed by atoms with Gasteiger partial charge in [-0.15, -0.1) is 12.4 Å². The van der Waals surface area contributed by atoms with Gasteiger partial charge < -0.3 is 9.80 Å². The molecule has 1 saturated heterocycles. The summed E-state index contributed by atoms with van der Waals surface area (Å²) in [4.78, 5) is 21.7. The first-order chi connectivity index (χ1) is 19.6. The third-order valence-electron chi connectivity index (χ3n) is 7.75. The first-order valence-corrected chi connectivity index (χ1v) is 14.3. The molecule has 1 fully saturated rings. The van der Waals surface area contributed by atoms with Gasteiger partial charge in [0, 0.05) is 61.7 Å². The van der Waals surface area contributed by atoms with Gasteiger partial charge in [-0.1, -0.05) is 66.2 Å². The SMILES string of the molecule is Cc1c(Cl)cccc1N1CCN(CCCN(C)c2ncnc3c2nc(-c2ccccc2)n3-c2ccccc2)CC1.Cl. The quantitative estimate of drug-likeness (QED) is 0.206. The summed E-state index contributed by atoms with van der Waals surface area (Å²) in [5, 5.41) is 0.839. The molecule has 0 saturated carbocycles. The number of nitrogens with zero attached hydrogens (tertiary/aromatic N) is 7. The highest BCUT2D eigenvalue weighted by Gasteiger charge is 2.21. The minimum absolute atomic E-state index is 0. The van der Waals surface area contributed by atoms with Gasteiger partial charge in [-0.25, -0.2) is 15.0 Å². The molecule has 3 aromatic carbocycles. The highest BCUT2D eigenvalue weighted by atomic mass is 35.5. The Bertz CT molecular complexity index is 1580. The van der Waals surface area contributed by atoms with Crippen molar-refractivity contribution in [3.05, 3.63) is 95.8 Å². The molecule has 0 aliphatic carbocycles. The number of piperazine rings is 1. The number of benzene rings is 3. The van der Waals surface area contributed by atoms with E-state index in [0.717, 1.165) is 84.8 Å². The number of imidazole rings is 1. The maximum absolute atomic E-state index is 6.36. The minimum Gasteiger partial charge on any atom is -0.369 e. The topological polar surface area (TPSA) is 53.3 Å². The van der Waals surface area contributed by atoms with Crippen molar-refractivity contribution in [2.24, 2.45) is 0 Å². The molecule has 7 nitrogen and oxygen atoms in total. The van der Waals surface area contributed by atoms with Crippen LogP contribution in [-0.4, -0.2) is 70.7 Å². The Hall–Kier alpha value is -3.65. The van der Waals surface area contributed by atoms with E-state index in [1.807, 2.05) is 48.5 Å². The second kappa shape index (κ2) is 12.9. The number of rotatable bonds is 8. The lowest BCUT2D eigenvalue weighted by atomic mass is 10.1. The third kappa shape index (κ3) is 6.03. The number of halogens is 2. The molecule has 1 aliphatic rings. The van der Waals surface area contributed by atoms with Crippen LogP contribution in [0, 0.1) is 6.92 Å². The molecule has 5 aromatic rings. The molecule has 1 aliphatic heterocycles. The maximum Gasteiger partial charge on any atom is 0.170 e. The van der Waals surface area contributed by atoms with Crippen LogP contribution in [0.5, 0.6) is 0 Å². The number of hydrogen-bond acceptors (Lipinski definition) is 6. The van der Waals surface area contributed by atoms with E-state index in [2.05, 4.69) is 73.5 Å². The summed E-state index contributed by atoms with van der Waals surface area (Å²) in [7, 11) is 2.10. The summed E-state index contributed by atoms with van der Waals surface area (Å²) in [6.07, 6.45) is 2.70. The lowest BCUT2D eigenvalue weighted by Crippen LogP contribution is -2.47. The van der Waals surface area contributed by atoms with Crippen molar-refractivity contribution in [2.75, 3.05) is 56.1 Å². The zero-order chi connectivity index (χ0) is 27.5. The molecule has 3 heterocycles. The largest absolute Gasteiger partial charge is 0.369 e. The monoisotopic (exact) mass is 587 g/mol. The summed E-state index contributed by atoms with van der Waals surface area (Å²) in [5.74, 6) is 1.72. The minimum atomic E-state index is 0. The number of anilines is 2. The van der Waals surface area contributed by atoms with Gasteiger partial charge in [-0.3, -0.25) is 9.47 Å². The van der Waals surface area contributed by atoms with Crippen LogP contribution in [0.2, 0.25) is 5.02 Å². The second-order valence-corrected chi connectivity index (χ2v) is 10.7. The van der Waals surface area contributed by atoms with E-state index in [1.165, 1.54) is 11.3 Å². The number of aromatic nitrogens is 4. The number of para-hydroxylation sites is 1. The van der Waals surface area contributed by atoms with Crippen molar-refractivity contribution in [1.29, 1.82) is 0 Å². The van der Waals surface area contributed by atoms with E-state index in [9.17, 15) is 0 Å². The summed E-state index contributed by atoms with van der Waals surface area (Å²) >= 11 is 6.36. The Morgan fingerprint density at radius 2 is 1.56 bits per heavy atom. The summed E-state index contributed by atoms with van der Waals surface area (Å²) in [6.45, 7) is 8.18. The standard InChI is InChI=1S/C32H34ClN7.ClH/c1-24-27(33)15-9-16-28(24)39-21-19-38(20-22-39)18-10-17-37(2)31-29-32(35-23-34-31)40(26-13-7-4-8-14-26)30(36-29)25-11-5-3-6-12-25;/h3-9,11-16,23H,10,17-22H2,1-2H3;1H. The van der Waals surface area contributed by atoms with E-state index in [0.29, 0.717) is 0 Å². The van der Waals surface area contributed by atoms with Gasteiger partial charge in [0.2, 0.25) is 0 Å². The summed E-state index contributed by atoms with van der Waals surface area (Å²) in [5.41, 5.74) is 6.13. The van der Waals surface area contributed by atoms with Crippen molar-refractivity contribution in [2.45, 2.75) is 13.3 Å². The fourth-order valence-corrected chi connectivity index (χ4v) is 5.72. The van der Waals surface area contributed by atoms with Gasteiger partial charge in [0.15, 0.2) is 17.0 Å². The highest BCUT2D eigenvalue weighted by molar-refractivity contribution is 6.31. The zero-order valence-corrected chi connectivity index (χ0v) is 25.0. The lowest BCUT2D eigenvalue weighted by Gasteiger charge is -2.37. The van der Waals surface area contributed by atoms with Crippen LogP contribution in [0.15, 0.2) is 85.2 Å². The Morgan fingerprint density at radius 3 is 2.29 bits per heavy atom. The molecule has 0 radical (unpaired) electrons. The highest BCUT2D eigenvalue weighted by Crippen LogP contribution is 2.31. The van der Waals surface area contributed by atoms with Gasteiger partial charge in [0.1, 0.15) is 12.2 Å². The van der Waals surface area contributed by atoms with Crippen molar-refractivity contribution in [1.82, 2.24) is 24.4 Å². The van der Waals surface area contributed by atoms with Gasteiger partial charge in [0.05, 0.1) is 0 Å². The van der Waals surface area contributed by atoms with Gasteiger partial charge in [-0.05, 0) is 49.7 Å². The average Bonchev–Trinajstić information content (AvgIpc) is 3.40. The van der Waals surface area contributed by atoms with Crippen molar-refractivity contribution < 1.29 is 0 Å². The van der Waals surface area contributed by atoms with Crippen LogP contribution in [0.25, 0.3) is 28.2 Å². The fraction of sp³-hybridized carbons (Fsp3) is 0.281. The van der Waals surface area contributed by atoms with E-state index in [1.54, 1.807) is 6.33 Å². The molecule has 0 N–H and O–H groups in total. The van der Waals surface area contributed by atoms with E-state index < -0.39 is 0 Å². The Balaban J connectivity index is 0.00000337. The Labute approximate surface area is 252 Å². The molecular formula is C32H35Cl2N7. The predicted molar refractivity (Wildman–Crippen MR) is 172 cm³/mol. The molecule has 0 atom stereocenters. The lowest BCUT2D eigenvalue weighted by molar-refractivity contribution is 0.256. The van der Waals surface area contributed by atoms with E-state index >= 15 is 0 Å². The number of fused-ring (bicyclic) bond motifs is 1. The zero-order valence-electron chi connectivity index (χ0n) is 23.4. The van der Waals surface area contributed by atoms with Crippen LogP contribution in [0.1, 0.15) is 12.0 Å². The van der Waals surface area contributed by atoms with Crippen molar-refractivity contribution in [3.8, 4) is 17.1 Å². The first kappa shape index (κ1) is 28.9. The van der Waals surface area contributed by atoms with Crippen LogP contribution < -0.4 is 9.80 Å². The van der Waals surface area contributed by atoms with E-state index in [-0.39, 0.29) is 12.4 Å². The molecule has 9 heteroatoms. The Kier molecular flexibility index (Phi) is 9.08. The smallest absolute Gasteiger partial charge is 0.170 e. The maximum atomic E-state index is 6.36. The molecule has 0 spiro atoms. The molecular weight excluding hydrogens is 553 g/mol. The van der Waals surface area contributed by atoms with Gasteiger partial charge in [-0.2, -0.15) is 0 Å². The Morgan fingerprint density at radius 1 is 0.854 bits per heavy atom. The average molecular weight is 589 g/mol. The van der Waals surface area contributed by atoms with Gasteiger partial charge in [0.25, 0.3) is 0 Å². The van der Waals surface area contributed by atoms with Gasteiger partial charge >= 0.3 is 0 Å². The van der Waals surface area contributed by atoms with Crippen LogP contribution >= 0.6 is 24.0 Å². The number of hydrogen-bond donors (Lipinski definition) is 0. The molecule has 6 rings (SSSR count). The molecule has 0 amide bonds. The van der Waals surface area contributed by atoms with Crippen molar-refractivity contribution in [3.63, 3.8) is 0 Å². The normalized spacial score (nSPS) is 13.8. The van der Waals surface area contributed by atoms with Crippen LogP contribution in [-0.2, 0) is 0 Å². The van der Waals surface area contributed by atoms with Crippen LogP contribution in [0.3, 0.4) is 0 Å². The van der Waals surface area contributed by atoms with E-state index in [4.69, 9.17) is 16.6 Å². The fourth-order valence-electron chi connectivity index (χ4n) is 5.55. The molecule has 0 unspecified atom stereocenters. The first-order valence-electron chi connectivity index (χ1n) is 13.9. The predicted octanol–water partition coefficient (Wildman–Crippen LogP) is 6.51. The van der Waals surface area contributed by atoms with Crippen LogP contribution in [0.4, 0.5) is 11.5 Å². The second-order valence-electron chi connectivity index (χ2n) is 10.3.